The quantitative estimate of drug-likeness (QED) is 0.679. The number of para-hydroxylation sites is 3. The molecule has 1 aliphatic heterocycles. The van der Waals surface area contributed by atoms with Gasteiger partial charge >= 0.3 is 0 Å². The van der Waals surface area contributed by atoms with Crippen LogP contribution in [0, 0.1) is 0 Å². The largest absolute Gasteiger partial charge is 0.485 e. The first-order valence-electron chi connectivity index (χ1n) is 9.28. The molecule has 1 amide bonds. The Hall–Kier alpha value is -3.52. The highest BCUT2D eigenvalue weighted by atomic mass is 32.2. The van der Waals surface area contributed by atoms with Gasteiger partial charge in [0.1, 0.15) is 6.61 Å². The van der Waals surface area contributed by atoms with E-state index >= 15 is 0 Å². The Labute approximate surface area is 174 Å². The Bertz CT molecular complexity index is 1160. The molecule has 0 aromatic heterocycles. The molecule has 0 bridgehead atoms. The van der Waals surface area contributed by atoms with Gasteiger partial charge in [-0.05, 0) is 42.5 Å². The molecule has 1 heterocycles. The molecule has 30 heavy (non-hydrogen) atoms. The van der Waals surface area contributed by atoms with Gasteiger partial charge in [0.05, 0.1) is 10.6 Å². The second-order valence-electron chi connectivity index (χ2n) is 6.69. The van der Waals surface area contributed by atoms with Crippen molar-refractivity contribution >= 4 is 27.3 Å². The van der Waals surface area contributed by atoms with E-state index in [4.69, 9.17) is 9.47 Å². The number of nitrogens with zero attached hydrogens (tertiary/aromatic N) is 1. The fourth-order valence-corrected chi connectivity index (χ4v) is 4.28. The molecule has 0 aliphatic carbocycles. The van der Waals surface area contributed by atoms with E-state index in [1.807, 2.05) is 12.1 Å². The van der Waals surface area contributed by atoms with Crippen molar-refractivity contribution in [2.45, 2.75) is 11.0 Å². The van der Waals surface area contributed by atoms with Crippen LogP contribution in [0.2, 0.25) is 0 Å². The van der Waals surface area contributed by atoms with Crippen molar-refractivity contribution in [3.8, 4) is 11.5 Å². The highest BCUT2D eigenvalue weighted by Crippen LogP contribution is 2.31. The molecule has 0 fully saturated rings. The van der Waals surface area contributed by atoms with Crippen LogP contribution in [0.25, 0.3) is 0 Å². The summed E-state index contributed by atoms with van der Waals surface area (Å²) in [5.74, 6) is 0.652. The third-order valence-electron chi connectivity index (χ3n) is 4.68. The Kier molecular flexibility index (Phi) is 5.33. The summed E-state index contributed by atoms with van der Waals surface area (Å²) in [5, 5.41) is 2.71. The summed E-state index contributed by atoms with van der Waals surface area (Å²) in [6.07, 6.45) is -0.841. The maximum Gasteiger partial charge on any atom is 0.269 e. The average Bonchev–Trinajstić information content (AvgIpc) is 2.79. The van der Waals surface area contributed by atoms with Crippen LogP contribution in [0.3, 0.4) is 0 Å². The van der Waals surface area contributed by atoms with Crippen LogP contribution in [0.5, 0.6) is 11.5 Å². The smallest absolute Gasteiger partial charge is 0.269 e. The molecule has 0 spiro atoms. The number of nitrogens with one attached hydrogen (secondary N) is 1. The summed E-state index contributed by atoms with van der Waals surface area (Å²) in [5.41, 5.74) is 0.892. The molecular formula is C22H20N2O5S. The summed E-state index contributed by atoms with van der Waals surface area (Å²) in [6.45, 7) is 0.0670. The molecule has 3 aromatic rings. The van der Waals surface area contributed by atoms with Gasteiger partial charge in [-0.15, -0.1) is 0 Å². The van der Waals surface area contributed by atoms with Crippen molar-refractivity contribution in [2.24, 2.45) is 0 Å². The van der Waals surface area contributed by atoms with Crippen molar-refractivity contribution < 1.29 is 22.7 Å². The number of carbonyl (C=O) groups is 1. The Morgan fingerprint density at radius 1 is 0.967 bits per heavy atom. The van der Waals surface area contributed by atoms with E-state index in [0.717, 1.165) is 0 Å². The lowest BCUT2D eigenvalue weighted by Crippen LogP contribution is -2.40. The average molecular weight is 424 g/mol. The zero-order chi connectivity index (χ0) is 21.1. The van der Waals surface area contributed by atoms with E-state index in [-0.39, 0.29) is 11.5 Å². The van der Waals surface area contributed by atoms with Gasteiger partial charge < -0.3 is 14.8 Å². The van der Waals surface area contributed by atoms with Crippen molar-refractivity contribution in [2.75, 3.05) is 23.3 Å². The number of amides is 1. The minimum atomic E-state index is -3.79. The monoisotopic (exact) mass is 424 g/mol. The molecule has 1 aliphatic rings. The second kappa shape index (κ2) is 8.08. The summed E-state index contributed by atoms with van der Waals surface area (Å²) < 4.78 is 38.4. The predicted octanol–water partition coefficient (Wildman–Crippen LogP) is 3.29. The third kappa shape index (κ3) is 3.95. The topological polar surface area (TPSA) is 84.9 Å². The molecular weight excluding hydrogens is 404 g/mol. The number of rotatable bonds is 5. The van der Waals surface area contributed by atoms with Crippen LogP contribution in [-0.2, 0) is 14.8 Å². The van der Waals surface area contributed by atoms with E-state index in [1.165, 1.54) is 23.5 Å². The molecule has 1 N–H and O–H groups in total. The normalized spacial score (nSPS) is 15.3. The number of fused-ring (bicyclic) bond motifs is 1. The molecule has 3 aromatic carbocycles. The fraction of sp³-hybridized carbons (Fsp3) is 0.136. The van der Waals surface area contributed by atoms with Crippen LogP contribution in [0.1, 0.15) is 0 Å². The molecule has 4 rings (SSSR count). The first kappa shape index (κ1) is 19.8. The molecule has 7 nitrogen and oxygen atoms in total. The summed E-state index contributed by atoms with van der Waals surface area (Å²) in [7, 11) is -2.30. The predicted molar refractivity (Wildman–Crippen MR) is 113 cm³/mol. The van der Waals surface area contributed by atoms with Gasteiger partial charge in [-0.3, -0.25) is 9.10 Å². The SMILES string of the molecule is CN(c1ccccc1)S(=O)(=O)c1cccc(NC(=O)C2COc3ccccc3O2)c1. The molecule has 0 saturated carbocycles. The third-order valence-corrected chi connectivity index (χ3v) is 6.46. The van der Waals surface area contributed by atoms with Gasteiger partial charge in [-0.2, -0.15) is 0 Å². The van der Waals surface area contributed by atoms with Gasteiger partial charge in [-0.1, -0.05) is 36.4 Å². The van der Waals surface area contributed by atoms with Crippen LogP contribution < -0.4 is 19.1 Å². The Balaban J connectivity index is 1.50. The second-order valence-corrected chi connectivity index (χ2v) is 8.66. The van der Waals surface area contributed by atoms with Crippen LogP contribution in [0.4, 0.5) is 11.4 Å². The van der Waals surface area contributed by atoms with Gasteiger partial charge in [0.15, 0.2) is 11.5 Å². The van der Waals surface area contributed by atoms with Crippen LogP contribution in [-0.4, -0.2) is 34.1 Å². The molecule has 1 atom stereocenters. The van der Waals surface area contributed by atoms with Gasteiger partial charge in [0, 0.05) is 12.7 Å². The Morgan fingerprint density at radius 2 is 1.67 bits per heavy atom. The molecule has 154 valence electrons. The van der Waals surface area contributed by atoms with Crippen molar-refractivity contribution in [3.05, 3.63) is 78.9 Å². The lowest BCUT2D eigenvalue weighted by molar-refractivity contribution is -0.125. The van der Waals surface area contributed by atoms with E-state index in [2.05, 4.69) is 5.32 Å². The fourth-order valence-electron chi connectivity index (χ4n) is 3.04. The zero-order valence-corrected chi connectivity index (χ0v) is 17.0. The highest BCUT2D eigenvalue weighted by Gasteiger charge is 2.28. The summed E-state index contributed by atoms with van der Waals surface area (Å²) in [6, 6.07) is 22.0. The highest BCUT2D eigenvalue weighted by molar-refractivity contribution is 7.92. The minimum Gasteiger partial charge on any atom is -0.485 e. The van der Waals surface area contributed by atoms with E-state index in [0.29, 0.717) is 22.9 Å². The lowest BCUT2D eigenvalue weighted by atomic mass is 10.2. The van der Waals surface area contributed by atoms with Crippen LogP contribution in [0.15, 0.2) is 83.8 Å². The van der Waals surface area contributed by atoms with Gasteiger partial charge in [0.2, 0.25) is 6.10 Å². The van der Waals surface area contributed by atoms with Crippen molar-refractivity contribution in [1.82, 2.24) is 0 Å². The lowest BCUT2D eigenvalue weighted by Gasteiger charge is -2.25. The standard InChI is InChI=1S/C22H20N2O5S/c1-24(17-9-3-2-4-10-17)30(26,27)18-11-7-8-16(14-18)23-22(25)21-15-28-19-12-5-6-13-20(19)29-21/h2-14,21H,15H2,1H3,(H,23,25). The maximum atomic E-state index is 13.0. The first-order chi connectivity index (χ1) is 14.4. The van der Waals surface area contributed by atoms with Gasteiger partial charge in [0.25, 0.3) is 15.9 Å². The summed E-state index contributed by atoms with van der Waals surface area (Å²) >= 11 is 0. The number of sulfonamides is 1. The maximum absolute atomic E-state index is 13.0. The number of ether oxygens (including phenoxy) is 2. The van der Waals surface area contributed by atoms with E-state index < -0.39 is 22.0 Å². The van der Waals surface area contributed by atoms with Crippen molar-refractivity contribution in [1.29, 1.82) is 0 Å². The molecule has 0 saturated heterocycles. The Morgan fingerprint density at radius 3 is 2.43 bits per heavy atom. The van der Waals surface area contributed by atoms with Crippen molar-refractivity contribution in [3.63, 3.8) is 0 Å². The van der Waals surface area contributed by atoms with E-state index in [9.17, 15) is 13.2 Å². The molecule has 1 unspecified atom stereocenters. The number of carbonyl (C=O) groups excluding carboxylic acids is 1. The molecule has 0 radical (unpaired) electrons. The molecule has 8 heteroatoms. The first-order valence-corrected chi connectivity index (χ1v) is 10.7. The minimum absolute atomic E-state index is 0.0670. The van der Waals surface area contributed by atoms with Gasteiger partial charge in [-0.25, -0.2) is 8.42 Å². The summed E-state index contributed by atoms with van der Waals surface area (Å²) in [4.78, 5) is 12.7. The number of anilines is 2. The number of hydrogen-bond donors (Lipinski definition) is 1. The number of hydrogen-bond acceptors (Lipinski definition) is 5. The zero-order valence-electron chi connectivity index (χ0n) is 16.2. The van der Waals surface area contributed by atoms with Crippen LogP contribution >= 0.6 is 0 Å². The van der Waals surface area contributed by atoms with E-state index in [1.54, 1.807) is 54.6 Å². The number of benzene rings is 3.